The van der Waals surface area contributed by atoms with Gasteiger partial charge in [-0.3, -0.25) is 0 Å². The molecule has 2 nitrogen and oxygen atoms in total. The molecule has 6 aliphatic rings. The van der Waals surface area contributed by atoms with Gasteiger partial charge in [0.15, 0.2) is 0 Å². The zero-order chi connectivity index (χ0) is 49.9. The van der Waals surface area contributed by atoms with Crippen molar-refractivity contribution in [1.82, 2.24) is 0 Å². The van der Waals surface area contributed by atoms with E-state index in [-0.39, 0.29) is 12.1 Å². The van der Waals surface area contributed by atoms with Crippen LogP contribution < -0.4 is 24.8 Å². The van der Waals surface area contributed by atoms with E-state index in [0.717, 1.165) is 0 Å². The van der Waals surface area contributed by atoms with Crippen molar-refractivity contribution in [1.29, 1.82) is 0 Å². The number of thiophene rings is 2. The lowest BCUT2D eigenvalue weighted by Crippen LogP contribution is -2.59. The molecular weight excluding hydrogens is 944 g/mol. The van der Waals surface area contributed by atoms with Crippen molar-refractivity contribution in [3.05, 3.63) is 266 Å². The average Bonchev–Trinajstić information content (AvgIpc) is 4.27. The SMILES string of the molecule is Cc1cc2c3c(c1)N(c1ccc(C(C)(C)C)cc1)c1c(sc4c1-c1ccc(C)cc1C41c4ccccc4-c4ccccc41)B3c1sc3c(c1N2c1ccccc1)-c1ccccc1C31c2ccccc2-c2ccccc21. The van der Waals surface area contributed by atoms with Crippen LogP contribution in [0.4, 0.5) is 34.1 Å². The highest BCUT2D eigenvalue weighted by atomic mass is 32.1. The van der Waals surface area contributed by atoms with Crippen molar-refractivity contribution < 1.29 is 0 Å². The molecule has 4 aliphatic carbocycles. The summed E-state index contributed by atoms with van der Waals surface area (Å²) in [6, 6.07) is 79.7. The molecule has 0 unspecified atom stereocenters. The summed E-state index contributed by atoms with van der Waals surface area (Å²) < 4.78 is 2.85. The van der Waals surface area contributed by atoms with Gasteiger partial charge >= 0.3 is 0 Å². The van der Waals surface area contributed by atoms with Crippen LogP contribution in [-0.2, 0) is 16.2 Å². The first kappa shape index (κ1) is 42.4. The van der Waals surface area contributed by atoms with Gasteiger partial charge in [-0.25, -0.2) is 0 Å². The van der Waals surface area contributed by atoms with Crippen LogP contribution in [0, 0.1) is 13.8 Å². The molecule has 9 aromatic carbocycles. The van der Waals surface area contributed by atoms with E-state index in [1.54, 1.807) is 0 Å². The Hall–Kier alpha value is -7.96. The van der Waals surface area contributed by atoms with Crippen LogP contribution in [0.3, 0.4) is 0 Å². The van der Waals surface area contributed by atoms with Gasteiger partial charge in [0.25, 0.3) is 6.71 Å². The maximum absolute atomic E-state index is 2.70. The number of anilines is 6. The topological polar surface area (TPSA) is 6.48 Å². The summed E-state index contributed by atoms with van der Waals surface area (Å²) in [5.74, 6) is 0. The maximum atomic E-state index is 2.70. The highest BCUT2D eigenvalue weighted by Gasteiger charge is 2.60. The Morgan fingerprint density at radius 2 is 0.787 bits per heavy atom. The lowest BCUT2D eigenvalue weighted by atomic mass is 9.39. The predicted molar refractivity (Wildman–Crippen MR) is 317 cm³/mol. The molecule has 4 heterocycles. The smallest absolute Gasteiger partial charge is 0.277 e. The summed E-state index contributed by atoms with van der Waals surface area (Å²) >= 11 is 4.18. The number of fused-ring (bicyclic) bond motifs is 26. The number of hydrogen-bond acceptors (Lipinski definition) is 4. The average molecular weight is 993 g/mol. The van der Waals surface area contributed by atoms with Crippen LogP contribution in [0.2, 0.25) is 0 Å². The minimum absolute atomic E-state index is 0.0116. The van der Waals surface area contributed by atoms with Crippen LogP contribution in [0.25, 0.3) is 44.5 Å². The molecule has 2 aliphatic heterocycles. The van der Waals surface area contributed by atoms with E-state index >= 15 is 0 Å². The Morgan fingerprint density at radius 3 is 1.27 bits per heavy atom. The quantitative estimate of drug-likeness (QED) is 0.159. The molecule has 0 fully saturated rings. The van der Waals surface area contributed by atoms with Crippen molar-refractivity contribution in [3.8, 4) is 44.5 Å². The van der Waals surface area contributed by atoms with Crippen LogP contribution in [0.5, 0.6) is 0 Å². The van der Waals surface area contributed by atoms with Gasteiger partial charge in [0.05, 0.1) is 22.2 Å². The minimum Gasteiger partial charge on any atom is -0.310 e. The lowest BCUT2D eigenvalue weighted by molar-refractivity contribution is 0.590. The molecule has 75 heavy (non-hydrogen) atoms. The Bertz CT molecular complexity index is 4250. The number of nitrogens with zero attached hydrogens (tertiary/aromatic N) is 2. The number of rotatable bonds is 2. The lowest BCUT2D eigenvalue weighted by Gasteiger charge is -2.43. The van der Waals surface area contributed by atoms with Crippen molar-refractivity contribution in [2.75, 3.05) is 9.80 Å². The van der Waals surface area contributed by atoms with Crippen molar-refractivity contribution in [2.45, 2.75) is 50.9 Å². The van der Waals surface area contributed by atoms with E-state index in [0.29, 0.717) is 0 Å². The van der Waals surface area contributed by atoms with E-state index in [1.807, 2.05) is 0 Å². The molecule has 354 valence electrons. The van der Waals surface area contributed by atoms with Crippen LogP contribution in [0.15, 0.2) is 206 Å². The van der Waals surface area contributed by atoms with Crippen LogP contribution in [0.1, 0.15) is 80.6 Å². The molecule has 11 aromatic rings. The summed E-state index contributed by atoms with van der Waals surface area (Å²) in [6.45, 7) is 11.5. The van der Waals surface area contributed by atoms with Crippen molar-refractivity contribution in [3.63, 3.8) is 0 Å². The molecular formula is C70H49BN2S2. The Balaban J connectivity index is 1.04. The van der Waals surface area contributed by atoms with E-state index in [2.05, 4.69) is 273 Å². The molecule has 0 amide bonds. The summed E-state index contributed by atoms with van der Waals surface area (Å²) in [7, 11) is 0. The predicted octanol–water partition coefficient (Wildman–Crippen LogP) is 16.5. The maximum Gasteiger partial charge on any atom is 0.277 e. The molecule has 0 atom stereocenters. The van der Waals surface area contributed by atoms with Crippen LogP contribution in [-0.4, -0.2) is 6.71 Å². The number of benzene rings is 9. The molecule has 0 radical (unpaired) electrons. The third kappa shape index (κ3) is 5.03. The fourth-order valence-corrected chi connectivity index (χ4v) is 18.4. The largest absolute Gasteiger partial charge is 0.310 e. The van der Waals surface area contributed by atoms with E-state index in [1.165, 1.54) is 153 Å². The molecule has 17 rings (SSSR count). The second-order valence-corrected chi connectivity index (χ2v) is 24.9. The fraction of sp³-hybridized carbons (Fsp3) is 0.114. The first-order valence-corrected chi connectivity index (χ1v) is 28.2. The second-order valence-electron chi connectivity index (χ2n) is 22.8. The van der Waals surface area contributed by atoms with Gasteiger partial charge in [-0.15, -0.1) is 22.7 Å². The number of para-hydroxylation sites is 1. The summed E-state index contributed by atoms with van der Waals surface area (Å²) in [4.78, 5) is 8.24. The molecule has 5 heteroatoms. The Labute approximate surface area is 447 Å². The molecule has 0 saturated carbocycles. The molecule has 0 saturated heterocycles. The third-order valence-corrected chi connectivity index (χ3v) is 20.6. The Morgan fingerprint density at radius 1 is 0.387 bits per heavy atom. The van der Waals surface area contributed by atoms with Gasteiger partial charge in [-0.1, -0.05) is 196 Å². The van der Waals surface area contributed by atoms with Gasteiger partial charge in [-0.05, 0) is 139 Å². The molecule has 2 aromatic heterocycles. The number of aryl methyl sites for hydroxylation is 2. The van der Waals surface area contributed by atoms with Gasteiger partial charge in [0, 0.05) is 53.2 Å². The zero-order valence-electron chi connectivity index (χ0n) is 42.4. The molecule has 2 spiro atoms. The minimum atomic E-state index is -0.483. The first-order chi connectivity index (χ1) is 36.7. The second kappa shape index (κ2) is 14.5. The van der Waals surface area contributed by atoms with Gasteiger partial charge < -0.3 is 9.80 Å². The highest BCUT2D eigenvalue weighted by molar-refractivity contribution is 7.37. The first-order valence-electron chi connectivity index (χ1n) is 26.5. The van der Waals surface area contributed by atoms with E-state index in [4.69, 9.17) is 0 Å². The van der Waals surface area contributed by atoms with Crippen molar-refractivity contribution in [2.24, 2.45) is 0 Å². The van der Waals surface area contributed by atoms with Crippen LogP contribution >= 0.6 is 22.7 Å². The van der Waals surface area contributed by atoms with Gasteiger partial charge in [0.1, 0.15) is 0 Å². The molecule has 0 N–H and O–H groups in total. The summed E-state index contributed by atoms with van der Waals surface area (Å²) in [5.41, 5.74) is 30.9. The summed E-state index contributed by atoms with van der Waals surface area (Å²) in [6.07, 6.45) is 0. The highest BCUT2D eigenvalue weighted by Crippen LogP contribution is 2.69. The van der Waals surface area contributed by atoms with Crippen molar-refractivity contribution >= 4 is 78.5 Å². The normalized spacial score (nSPS) is 15.4. The van der Waals surface area contributed by atoms with Gasteiger partial charge in [0.2, 0.25) is 0 Å². The standard InChI is InChI=1S/C70H49BN2S2/c1-40-31-36-50-56(37-40)70(53-28-16-11-23-47(53)48-24-12-17-29-54(48)70)65-60(50)63-67(75-65)71-61-57(38-41(2)39-58(61)73(63)44-34-32-42(33-35-44)68(3,4)5)72(43-19-7-6-8-20-43)62-59-49-25-13-18-30-55(49)69(64(59)74-66(62)71)51-26-14-9-21-45(51)46-22-10-15-27-52(46)69/h6-39H,1-5H3. The number of hydrogen-bond donors (Lipinski definition) is 0. The van der Waals surface area contributed by atoms with Gasteiger partial charge in [-0.2, -0.15) is 0 Å². The Kier molecular flexibility index (Phi) is 8.17. The zero-order valence-corrected chi connectivity index (χ0v) is 44.1. The third-order valence-electron chi connectivity index (χ3n) is 17.9. The molecule has 0 bridgehead atoms. The van der Waals surface area contributed by atoms with E-state index < -0.39 is 10.8 Å². The fourth-order valence-electron chi connectivity index (χ4n) is 15.0. The summed E-state index contributed by atoms with van der Waals surface area (Å²) in [5, 5.41) is 0. The monoisotopic (exact) mass is 992 g/mol. The van der Waals surface area contributed by atoms with E-state index in [9.17, 15) is 0 Å².